The Balaban J connectivity index is 1.08. The predicted octanol–water partition coefficient (Wildman–Crippen LogP) is 13.9. The lowest BCUT2D eigenvalue weighted by Gasteiger charge is -2.46. The molecule has 0 atom stereocenters. The number of hydrogen-bond donors (Lipinski definition) is 0. The van der Waals surface area contributed by atoms with Crippen LogP contribution in [-0.2, 0) is 0 Å². The van der Waals surface area contributed by atoms with Crippen molar-refractivity contribution in [2.45, 2.75) is 26.2 Å². The molecule has 0 N–H and O–H groups in total. The summed E-state index contributed by atoms with van der Waals surface area (Å²) in [5, 5.41) is 8.44. The van der Waals surface area contributed by atoms with Crippen LogP contribution in [0.25, 0.3) is 49.7 Å². The van der Waals surface area contributed by atoms with Gasteiger partial charge in [-0.15, -0.1) is 0 Å². The molecule has 0 bridgehead atoms. The molecule has 77 heavy (non-hydrogen) atoms. The van der Waals surface area contributed by atoms with Crippen LogP contribution in [0.4, 0.5) is 51.2 Å². The highest BCUT2D eigenvalue weighted by Gasteiger charge is 2.50. The van der Waals surface area contributed by atoms with Crippen molar-refractivity contribution in [1.29, 1.82) is 0 Å². The molecular formula is C70H53BN4Si2. The van der Waals surface area contributed by atoms with E-state index in [1.165, 1.54) is 98.4 Å². The molecule has 0 amide bonds. The van der Waals surface area contributed by atoms with Crippen molar-refractivity contribution in [2.75, 3.05) is 14.7 Å². The van der Waals surface area contributed by atoms with E-state index in [9.17, 15) is 0 Å². The van der Waals surface area contributed by atoms with E-state index < -0.39 is 16.1 Å². The monoisotopic (exact) mass is 1020 g/mol. The number of para-hydroxylation sites is 5. The number of fused-ring (bicyclic) bond motifs is 15. The van der Waals surface area contributed by atoms with Crippen LogP contribution in [0.5, 0.6) is 0 Å². The lowest BCUT2D eigenvalue weighted by molar-refractivity contribution is 1.18. The average Bonchev–Trinajstić information content (AvgIpc) is 4.16. The number of nitrogens with zero attached hydrogens (tertiary/aromatic N) is 4. The van der Waals surface area contributed by atoms with Crippen molar-refractivity contribution >= 4 is 133 Å². The van der Waals surface area contributed by atoms with Crippen LogP contribution in [0, 0.1) is 0 Å². The molecule has 11 aromatic carbocycles. The summed E-state index contributed by atoms with van der Waals surface area (Å²) >= 11 is 0. The Morgan fingerprint density at radius 2 is 0.831 bits per heavy atom. The largest absolute Gasteiger partial charge is 0.311 e. The maximum atomic E-state index is 2.66. The van der Waals surface area contributed by atoms with Gasteiger partial charge >= 0.3 is 0 Å². The van der Waals surface area contributed by atoms with Crippen molar-refractivity contribution in [3.05, 3.63) is 249 Å². The quantitative estimate of drug-likeness (QED) is 0.154. The van der Waals surface area contributed by atoms with Gasteiger partial charge in [0.1, 0.15) is 16.1 Å². The fourth-order valence-corrected chi connectivity index (χ4v) is 20.5. The third-order valence-electron chi connectivity index (χ3n) is 17.7. The maximum Gasteiger partial charge on any atom is 0.252 e. The highest BCUT2D eigenvalue weighted by Crippen LogP contribution is 2.53. The smallest absolute Gasteiger partial charge is 0.252 e. The third-order valence-corrected chi connectivity index (χ3v) is 24.8. The van der Waals surface area contributed by atoms with Crippen molar-refractivity contribution in [2.24, 2.45) is 0 Å². The summed E-state index contributed by atoms with van der Waals surface area (Å²) < 4.78 is 2.44. The summed E-state index contributed by atoms with van der Waals surface area (Å²) in [7, 11) is -4.23. The predicted molar refractivity (Wildman–Crippen MR) is 334 cm³/mol. The van der Waals surface area contributed by atoms with Gasteiger partial charge in [-0.2, -0.15) is 0 Å². The molecule has 4 aliphatic heterocycles. The Morgan fingerprint density at radius 1 is 0.377 bits per heavy atom. The number of aromatic nitrogens is 1. The molecule has 0 radical (unpaired) electrons. The molecule has 0 fully saturated rings. The van der Waals surface area contributed by atoms with Gasteiger partial charge in [0, 0.05) is 67.4 Å². The van der Waals surface area contributed by atoms with Crippen LogP contribution in [-0.4, -0.2) is 27.4 Å². The molecule has 0 spiro atoms. The minimum atomic E-state index is -2.12. The topological polar surface area (TPSA) is 14.7 Å². The van der Waals surface area contributed by atoms with Crippen molar-refractivity contribution in [3.63, 3.8) is 0 Å². The van der Waals surface area contributed by atoms with E-state index >= 15 is 0 Å². The van der Waals surface area contributed by atoms with Crippen LogP contribution in [0.3, 0.4) is 0 Å². The molecular weight excluding hydrogens is 964 g/mol. The molecule has 4 aliphatic rings. The van der Waals surface area contributed by atoms with E-state index in [0.29, 0.717) is 0 Å². The summed E-state index contributed by atoms with van der Waals surface area (Å²) in [5.41, 5.74) is 23.6. The normalized spacial score (nSPS) is 14.6. The minimum absolute atomic E-state index is 0.0675. The van der Waals surface area contributed by atoms with Crippen LogP contribution >= 0.6 is 0 Å². The Labute approximate surface area is 452 Å². The SMILES string of the molecule is C[Si]1(C)c2ccccc2-c2c1ccc1c2N(c2ccccc2)c2cc(N(c3ccccc3)c3cccc4c3c3ccccc3n4-c3ccccc3)cc3c2B1c1ccc2c(c1N3c1ccccc1)-c1ccccc1[Si]2(C)C. The van der Waals surface area contributed by atoms with Gasteiger partial charge < -0.3 is 19.3 Å². The first-order valence-electron chi connectivity index (χ1n) is 27.1. The highest BCUT2D eigenvalue weighted by molar-refractivity contribution is 7.06. The first-order chi connectivity index (χ1) is 37.8. The van der Waals surface area contributed by atoms with Gasteiger partial charge in [-0.25, -0.2) is 0 Å². The van der Waals surface area contributed by atoms with Crippen molar-refractivity contribution in [3.8, 4) is 27.9 Å². The Kier molecular flexibility index (Phi) is 9.41. The fourth-order valence-electron chi connectivity index (χ4n) is 14.4. The number of hydrogen-bond acceptors (Lipinski definition) is 3. The van der Waals surface area contributed by atoms with Crippen molar-refractivity contribution < 1.29 is 0 Å². The second-order valence-electron chi connectivity index (χ2n) is 22.4. The standard InChI is InChI=1S/C70H53BN4Si2/c1-76(2)61-38-21-18-33-52(61)66-63(76)42-40-54-69(66)74(48-28-13-7-14-29-48)59-44-50(72(46-24-9-5-10-25-46)57-36-23-37-58-65(57)51-32-17-20-35-56(51)73(58)47-26-11-6-12-27-47)45-60-68(59)71(54)55-41-43-64-67(53-34-19-22-39-62(53)77(64,3)4)70(55)75(60)49-30-15-8-16-31-49/h5-45H,1-4H3. The first-order valence-corrected chi connectivity index (χ1v) is 33.1. The zero-order valence-electron chi connectivity index (χ0n) is 43.5. The zero-order chi connectivity index (χ0) is 51.3. The first kappa shape index (κ1) is 44.4. The van der Waals surface area contributed by atoms with E-state index in [2.05, 4.69) is 294 Å². The zero-order valence-corrected chi connectivity index (χ0v) is 45.5. The number of rotatable bonds is 6. The van der Waals surface area contributed by atoms with Crippen molar-refractivity contribution in [1.82, 2.24) is 4.57 Å². The molecule has 1 aromatic heterocycles. The Bertz CT molecular complexity index is 4240. The second-order valence-corrected chi connectivity index (χ2v) is 31.1. The molecule has 7 heteroatoms. The van der Waals surface area contributed by atoms with E-state index in [1.54, 1.807) is 0 Å². The minimum Gasteiger partial charge on any atom is -0.311 e. The van der Waals surface area contributed by atoms with Gasteiger partial charge in [0.05, 0.1) is 22.4 Å². The molecule has 0 saturated heterocycles. The number of anilines is 9. The summed E-state index contributed by atoms with van der Waals surface area (Å²) in [4.78, 5) is 7.88. The average molecular weight is 1020 g/mol. The summed E-state index contributed by atoms with van der Waals surface area (Å²) in [5.74, 6) is 0. The molecule has 0 saturated carbocycles. The summed E-state index contributed by atoms with van der Waals surface area (Å²) in [6.07, 6.45) is 0. The van der Waals surface area contributed by atoms with Gasteiger partial charge in [-0.05, 0) is 127 Å². The number of benzene rings is 11. The second kappa shape index (κ2) is 16.3. The lowest BCUT2D eigenvalue weighted by atomic mass is 9.33. The van der Waals surface area contributed by atoms with E-state index in [1.807, 2.05) is 0 Å². The third kappa shape index (κ3) is 6.09. The molecule has 364 valence electrons. The molecule has 4 nitrogen and oxygen atoms in total. The van der Waals surface area contributed by atoms with Crippen LogP contribution in [0.2, 0.25) is 26.2 Å². The van der Waals surface area contributed by atoms with Gasteiger partial charge in [0.25, 0.3) is 6.71 Å². The summed E-state index contributed by atoms with van der Waals surface area (Å²) in [6.45, 7) is 10.1. The van der Waals surface area contributed by atoms with E-state index in [-0.39, 0.29) is 6.71 Å². The van der Waals surface area contributed by atoms with Gasteiger partial charge in [0.15, 0.2) is 0 Å². The van der Waals surface area contributed by atoms with Gasteiger partial charge in [-0.3, -0.25) is 0 Å². The highest BCUT2D eigenvalue weighted by atomic mass is 28.3. The van der Waals surface area contributed by atoms with Gasteiger partial charge in [-0.1, -0.05) is 196 Å². The molecule has 16 rings (SSSR count). The fraction of sp³-hybridized carbons (Fsp3) is 0.0571. The Hall–Kier alpha value is -8.88. The molecule has 5 heterocycles. The maximum absolute atomic E-state index is 2.66. The van der Waals surface area contributed by atoms with E-state index in [0.717, 1.165) is 39.6 Å². The van der Waals surface area contributed by atoms with Gasteiger partial charge in [0.2, 0.25) is 0 Å². The molecule has 0 aliphatic carbocycles. The molecule has 0 unspecified atom stereocenters. The summed E-state index contributed by atoms with van der Waals surface area (Å²) in [6, 6.07) is 94.1. The molecule has 12 aromatic rings. The Morgan fingerprint density at radius 3 is 1.38 bits per heavy atom. The van der Waals surface area contributed by atoms with E-state index in [4.69, 9.17) is 0 Å². The van der Waals surface area contributed by atoms with Crippen LogP contribution < -0.4 is 51.8 Å². The van der Waals surface area contributed by atoms with Crippen LogP contribution in [0.15, 0.2) is 249 Å². The van der Waals surface area contributed by atoms with Crippen LogP contribution in [0.1, 0.15) is 0 Å². The lowest BCUT2D eigenvalue weighted by Crippen LogP contribution is -2.62.